The first-order chi connectivity index (χ1) is 9.88. The molecule has 110 valence electrons. The highest BCUT2D eigenvalue weighted by molar-refractivity contribution is 5.97. The second-order valence-electron chi connectivity index (χ2n) is 4.59. The summed E-state index contributed by atoms with van der Waals surface area (Å²) in [6.07, 6.45) is -2.28. The second-order valence-corrected chi connectivity index (χ2v) is 4.59. The number of nitrogen functional groups attached to an aromatic ring is 1. The number of nitrogens with zero attached hydrogens (tertiary/aromatic N) is 1. The lowest BCUT2D eigenvalue weighted by atomic mass is 10.00. The summed E-state index contributed by atoms with van der Waals surface area (Å²) in [7, 11) is 0. The largest absolute Gasteiger partial charge is 0.417 e. The summed E-state index contributed by atoms with van der Waals surface area (Å²) in [6, 6.07) is 7.72. The molecule has 0 aliphatic carbocycles. The Morgan fingerprint density at radius 3 is 2.67 bits per heavy atom. The van der Waals surface area contributed by atoms with Crippen molar-refractivity contribution in [1.82, 2.24) is 4.98 Å². The van der Waals surface area contributed by atoms with E-state index in [9.17, 15) is 18.0 Å². The van der Waals surface area contributed by atoms with E-state index in [0.717, 1.165) is 24.0 Å². The van der Waals surface area contributed by atoms with Gasteiger partial charge in [-0.3, -0.25) is 9.78 Å². The molecular weight excluding hydrogens is 281 g/mol. The Kier molecular flexibility index (Phi) is 4.26. The van der Waals surface area contributed by atoms with E-state index in [1.54, 1.807) is 24.3 Å². The van der Waals surface area contributed by atoms with Crippen molar-refractivity contribution in [3.05, 3.63) is 59.4 Å². The fourth-order valence-corrected chi connectivity index (χ4v) is 2.01. The first-order valence-electron chi connectivity index (χ1n) is 6.27. The van der Waals surface area contributed by atoms with Crippen molar-refractivity contribution in [1.29, 1.82) is 0 Å². The van der Waals surface area contributed by atoms with Gasteiger partial charge in [0.25, 0.3) is 0 Å². The van der Waals surface area contributed by atoms with Crippen LogP contribution in [0.3, 0.4) is 0 Å². The van der Waals surface area contributed by atoms with Crippen LogP contribution in [0.4, 0.5) is 18.9 Å². The summed E-state index contributed by atoms with van der Waals surface area (Å²) in [4.78, 5) is 15.6. The zero-order chi connectivity index (χ0) is 15.5. The standard InChI is InChI=1S/C15H13F3N2O/c16-15(17,18)13-6-7-20-9-12(13)14(21)5-4-10-2-1-3-11(19)8-10/h1-3,6-9H,4-5,19H2. The van der Waals surface area contributed by atoms with Gasteiger partial charge in [-0.05, 0) is 30.2 Å². The van der Waals surface area contributed by atoms with Gasteiger partial charge >= 0.3 is 6.18 Å². The minimum atomic E-state index is -4.56. The summed E-state index contributed by atoms with van der Waals surface area (Å²) in [5, 5.41) is 0. The molecule has 0 atom stereocenters. The van der Waals surface area contributed by atoms with Crippen molar-refractivity contribution in [2.75, 3.05) is 5.73 Å². The van der Waals surface area contributed by atoms with E-state index in [4.69, 9.17) is 5.73 Å². The number of nitrogens with two attached hydrogens (primary N) is 1. The number of pyridine rings is 1. The Bertz CT molecular complexity index is 653. The van der Waals surface area contributed by atoms with Crippen LogP contribution in [0, 0.1) is 0 Å². The van der Waals surface area contributed by atoms with Crippen molar-refractivity contribution < 1.29 is 18.0 Å². The quantitative estimate of drug-likeness (QED) is 0.693. The fourth-order valence-electron chi connectivity index (χ4n) is 2.01. The van der Waals surface area contributed by atoms with Gasteiger partial charge in [0.2, 0.25) is 0 Å². The Labute approximate surface area is 119 Å². The van der Waals surface area contributed by atoms with Crippen molar-refractivity contribution in [2.45, 2.75) is 19.0 Å². The number of aryl methyl sites for hydroxylation is 1. The van der Waals surface area contributed by atoms with Crippen molar-refractivity contribution >= 4 is 11.5 Å². The fraction of sp³-hybridized carbons (Fsp3) is 0.200. The highest BCUT2D eigenvalue weighted by atomic mass is 19.4. The first kappa shape index (κ1) is 15.0. The van der Waals surface area contributed by atoms with Crippen LogP contribution >= 0.6 is 0 Å². The Morgan fingerprint density at radius 2 is 2.00 bits per heavy atom. The van der Waals surface area contributed by atoms with E-state index in [2.05, 4.69) is 4.98 Å². The van der Waals surface area contributed by atoms with Crippen molar-refractivity contribution in [2.24, 2.45) is 0 Å². The Morgan fingerprint density at radius 1 is 1.24 bits per heavy atom. The number of ketones is 1. The zero-order valence-electron chi connectivity index (χ0n) is 11.0. The van der Waals surface area contributed by atoms with Gasteiger partial charge in [0.15, 0.2) is 5.78 Å². The van der Waals surface area contributed by atoms with Crippen LogP contribution in [0.5, 0.6) is 0 Å². The second kappa shape index (κ2) is 5.95. The molecule has 3 nitrogen and oxygen atoms in total. The van der Waals surface area contributed by atoms with Crippen LogP contribution in [0.2, 0.25) is 0 Å². The van der Waals surface area contributed by atoms with Crippen LogP contribution in [0.1, 0.15) is 27.9 Å². The third-order valence-corrected chi connectivity index (χ3v) is 3.02. The minimum absolute atomic E-state index is 0.0295. The number of halogens is 3. The smallest absolute Gasteiger partial charge is 0.399 e. The molecule has 0 aliphatic heterocycles. The number of Topliss-reactive ketones (excluding diaryl/α,β-unsaturated/α-hetero) is 1. The molecule has 0 spiro atoms. The molecule has 0 bridgehead atoms. The third-order valence-electron chi connectivity index (χ3n) is 3.02. The maximum Gasteiger partial charge on any atom is 0.417 e. The lowest BCUT2D eigenvalue weighted by Crippen LogP contribution is -2.14. The maximum atomic E-state index is 12.8. The summed E-state index contributed by atoms with van der Waals surface area (Å²) in [5.74, 6) is -0.585. The molecule has 0 saturated carbocycles. The number of aromatic nitrogens is 1. The average molecular weight is 294 g/mol. The lowest BCUT2D eigenvalue weighted by molar-refractivity contribution is -0.138. The number of carbonyl (C=O) groups is 1. The van der Waals surface area contributed by atoms with E-state index in [1.165, 1.54) is 0 Å². The summed E-state index contributed by atoms with van der Waals surface area (Å²) in [6.45, 7) is 0. The lowest BCUT2D eigenvalue weighted by Gasteiger charge is -2.11. The number of alkyl halides is 3. The summed E-state index contributed by atoms with van der Waals surface area (Å²) >= 11 is 0. The molecule has 2 aromatic rings. The molecule has 0 amide bonds. The summed E-state index contributed by atoms with van der Waals surface area (Å²) in [5.41, 5.74) is 5.63. The third kappa shape index (κ3) is 3.81. The molecule has 0 aliphatic rings. The predicted octanol–water partition coefficient (Wildman–Crippen LogP) is 3.50. The van der Waals surface area contributed by atoms with E-state index < -0.39 is 23.1 Å². The minimum Gasteiger partial charge on any atom is -0.399 e. The summed E-state index contributed by atoms with van der Waals surface area (Å²) < 4.78 is 38.5. The van der Waals surface area contributed by atoms with Crippen LogP contribution in [0.15, 0.2) is 42.7 Å². The van der Waals surface area contributed by atoms with E-state index in [0.29, 0.717) is 12.1 Å². The van der Waals surface area contributed by atoms with E-state index in [-0.39, 0.29) is 6.42 Å². The molecule has 21 heavy (non-hydrogen) atoms. The van der Waals surface area contributed by atoms with E-state index in [1.807, 2.05) is 0 Å². The number of benzene rings is 1. The maximum absolute atomic E-state index is 12.8. The molecular formula is C15H13F3N2O. The van der Waals surface area contributed by atoms with Crippen LogP contribution in [-0.4, -0.2) is 10.8 Å². The van der Waals surface area contributed by atoms with Gasteiger partial charge in [0.1, 0.15) is 0 Å². The molecule has 0 saturated heterocycles. The molecule has 2 rings (SSSR count). The number of anilines is 1. The van der Waals surface area contributed by atoms with Gasteiger partial charge < -0.3 is 5.73 Å². The normalized spacial score (nSPS) is 11.4. The molecule has 0 fully saturated rings. The van der Waals surface area contributed by atoms with Gasteiger partial charge in [0, 0.05) is 30.1 Å². The van der Waals surface area contributed by atoms with Crippen LogP contribution in [-0.2, 0) is 12.6 Å². The molecule has 2 N–H and O–H groups in total. The molecule has 6 heteroatoms. The van der Waals surface area contributed by atoms with Gasteiger partial charge in [-0.1, -0.05) is 12.1 Å². The van der Waals surface area contributed by atoms with Crippen LogP contribution < -0.4 is 5.73 Å². The SMILES string of the molecule is Nc1cccc(CCC(=O)c2cnccc2C(F)(F)F)c1. The number of hydrogen-bond acceptors (Lipinski definition) is 3. The molecule has 0 radical (unpaired) electrons. The first-order valence-corrected chi connectivity index (χ1v) is 6.27. The Balaban J connectivity index is 2.14. The van der Waals surface area contributed by atoms with Gasteiger partial charge in [-0.15, -0.1) is 0 Å². The molecule has 1 aromatic carbocycles. The number of hydrogen-bond donors (Lipinski definition) is 1. The van der Waals surface area contributed by atoms with E-state index >= 15 is 0 Å². The highest BCUT2D eigenvalue weighted by Crippen LogP contribution is 2.32. The molecule has 1 aromatic heterocycles. The molecule has 1 heterocycles. The average Bonchev–Trinajstić information content (AvgIpc) is 2.44. The topological polar surface area (TPSA) is 56.0 Å². The van der Waals surface area contributed by atoms with Gasteiger partial charge in [0.05, 0.1) is 5.56 Å². The molecule has 0 unspecified atom stereocenters. The number of carbonyl (C=O) groups excluding carboxylic acids is 1. The monoisotopic (exact) mass is 294 g/mol. The van der Waals surface area contributed by atoms with Crippen molar-refractivity contribution in [3.8, 4) is 0 Å². The van der Waals surface area contributed by atoms with Gasteiger partial charge in [-0.2, -0.15) is 13.2 Å². The Hall–Kier alpha value is -2.37. The van der Waals surface area contributed by atoms with Crippen molar-refractivity contribution in [3.63, 3.8) is 0 Å². The van der Waals surface area contributed by atoms with Gasteiger partial charge in [-0.25, -0.2) is 0 Å². The number of rotatable bonds is 4. The predicted molar refractivity (Wildman–Crippen MR) is 72.7 cm³/mol. The highest BCUT2D eigenvalue weighted by Gasteiger charge is 2.34. The van der Waals surface area contributed by atoms with Crippen LogP contribution in [0.25, 0.3) is 0 Å². The zero-order valence-corrected chi connectivity index (χ0v) is 11.0.